The summed E-state index contributed by atoms with van der Waals surface area (Å²) in [5.41, 5.74) is 7.94. The first kappa shape index (κ1) is 26.3. The number of pyridine rings is 1. The highest BCUT2D eigenvalue weighted by Crippen LogP contribution is 2.44. The van der Waals surface area contributed by atoms with Gasteiger partial charge in [-0.25, -0.2) is 0 Å². The number of morpholine rings is 1. The second kappa shape index (κ2) is 11.3. The molecular weight excluding hydrogens is 518 g/mol. The standard InChI is InChI=1S/C32H35N5O2S/c1-4-39-27-14-12-26(13-15-27)37-31(30(34-32(37)40)29-7-5-6-16-33-29)28-21-22(2)36(23(28)3)25-10-8-24(9-11-25)35-17-19-38-20-18-35/h5-16,21,30-31H,4,17-20H2,1-3H3,(H,34,40). The van der Waals surface area contributed by atoms with Crippen LogP contribution in [0.1, 0.15) is 41.7 Å². The largest absolute Gasteiger partial charge is 0.494 e. The Morgan fingerprint density at radius 1 is 0.950 bits per heavy atom. The number of hydrogen-bond donors (Lipinski definition) is 1. The van der Waals surface area contributed by atoms with E-state index in [0.29, 0.717) is 11.7 Å². The minimum Gasteiger partial charge on any atom is -0.494 e. The predicted molar refractivity (Wildman–Crippen MR) is 164 cm³/mol. The summed E-state index contributed by atoms with van der Waals surface area (Å²) in [5.74, 6) is 0.848. The van der Waals surface area contributed by atoms with Crippen molar-refractivity contribution >= 4 is 28.7 Å². The van der Waals surface area contributed by atoms with Gasteiger partial charge in [-0.1, -0.05) is 6.07 Å². The van der Waals surface area contributed by atoms with E-state index in [2.05, 4.69) is 82.1 Å². The third kappa shape index (κ3) is 4.93. The molecule has 0 aliphatic carbocycles. The van der Waals surface area contributed by atoms with Crippen molar-refractivity contribution in [2.75, 3.05) is 42.7 Å². The molecule has 2 saturated heterocycles. The van der Waals surface area contributed by atoms with Gasteiger partial charge < -0.3 is 29.2 Å². The summed E-state index contributed by atoms with van der Waals surface area (Å²) >= 11 is 5.95. The van der Waals surface area contributed by atoms with Gasteiger partial charge in [0.2, 0.25) is 0 Å². The van der Waals surface area contributed by atoms with Crippen molar-refractivity contribution < 1.29 is 9.47 Å². The number of hydrogen-bond acceptors (Lipinski definition) is 5. The molecule has 4 aromatic rings. The highest BCUT2D eigenvalue weighted by molar-refractivity contribution is 7.80. The van der Waals surface area contributed by atoms with Crippen molar-refractivity contribution in [3.63, 3.8) is 0 Å². The van der Waals surface area contributed by atoms with E-state index < -0.39 is 0 Å². The summed E-state index contributed by atoms with van der Waals surface area (Å²) in [7, 11) is 0. The van der Waals surface area contributed by atoms with Crippen LogP contribution in [0.3, 0.4) is 0 Å². The van der Waals surface area contributed by atoms with Gasteiger partial charge in [-0.2, -0.15) is 0 Å². The van der Waals surface area contributed by atoms with Gasteiger partial charge in [0.15, 0.2) is 5.11 Å². The molecule has 2 aromatic heterocycles. The van der Waals surface area contributed by atoms with Gasteiger partial charge >= 0.3 is 0 Å². The Labute approximate surface area is 241 Å². The lowest BCUT2D eigenvalue weighted by molar-refractivity contribution is 0.122. The van der Waals surface area contributed by atoms with E-state index in [1.54, 1.807) is 0 Å². The number of thiocarbonyl (C=S) groups is 1. The third-order valence-corrected chi connectivity index (χ3v) is 8.11. The summed E-state index contributed by atoms with van der Waals surface area (Å²) in [6, 6.07) is 25.2. The molecule has 2 aromatic carbocycles. The fraction of sp³-hybridized carbons (Fsp3) is 0.312. The molecule has 0 spiro atoms. The third-order valence-electron chi connectivity index (χ3n) is 7.80. The van der Waals surface area contributed by atoms with E-state index in [1.165, 1.54) is 22.6 Å². The molecule has 2 unspecified atom stereocenters. The Bertz CT molecular complexity index is 1460. The molecule has 2 atom stereocenters. The molecule has 2 fully saturated rings. The topological polar surface area (TPSA) is 54.8 Å². The van der Waals surface area contributed by atoms with Crippen LogP contribution >= 0.6 is 12.2 Å². The van der Waals surface area contributed by atoms with Crippen molar-refractivity contribution in [1.29, 1.82) is 0 Å². The quantitative estimate of drug-likeness (QED) is 0.286. The van der Waals surface area contributed by atoms with Gasteiger partial charge in [-0.05, 0) is 105 Å². The van der Waals surface area contributed by atoms with E-state index in [4.69, 9.17) is 26.7 Å². The molecule has 206 valence electrons. The van der Waals surface area contributed by atoms with Crippen LogP contribution in [0, 0.1) is 13.8 Å². The lowest BCUT2D eigenvalue weighted by Crippen LogP contribution is -2.36. The molecule has 0 bridgehead atoms. The first-order valence-electron chi connectivity index (χ1n) is 13.9. The Morgan fingerprint density at radius 3 is 2.33 bits per heavy atom. The number of ether oxygens (including phenoxy) is 2. The Balaban J connectivity index is 1.40. The Hall–Kier alpha value is -3.88. The van der Waals surface area contributed by atoms with Crippen molar-refractivity contribution in [3.05, 3.63) is 102 Å². The van der Waals surface area contributed by atoms with Crippen molar-refractivity contribution in [2.24, 2.45) is 0 Å². The SMILES string of the molecule is CCOc1ccc(N2C(=S)NC(c3ccccn3)C2c2cc(C)n(-c3ccc(N4CCOCC4)cc3)c2C)cc1. The van der Waals surface area contributed by atoms with E-state index >= 15 is 0 Å². The first-order chi connectivity index (χ1) is 19.5. The fourth-order valence-corrected chi connectivity index (χ4v) is 6.28. The number of anilines is 2. The van der Waals surface area contributed by atoms with Crippen LogP contribution in [-0.2, 0) is 4.74 Å². The zero-order valence-corrected chi connectivity index (χ0v) is 24.0. The van der Waals surface area contributed by atoms with E-state index in [0.717, 1.165) is 49.1 Å². The van der Waals surface area contributed by atoms with Crippen LogP contribution in [-0.4, -0.2) is 47.6 Å². The number of benzene rings is 2. The van der Waals surface area contributed by atoms with Crippen LogP contribution in [0.2, 0.25) is 0 Å². The zero-order valence-electron chi connectivity index (χ0n) is 23.2. The molecule has 1 N–H and O–H groups in total. The maximum Gasteiger partial charge on any atom is 0.174 e. The van der Waals surface area contributed by atoms with Crippen LogP contribution < -0.4 is 19.9 Å². The molecule has 40 heavy (non-hydrogen) atoms. The second-order valence-electron chi connectivity index (χ2n) is 10.2. The normalized spacial score (nSPS) is 19.1. The smallest absolute Gasteiger partial charge is 0.174 e. The number of aromatic nitrogens is 2. The monoisotopic (exact) mass is 553 g/mol. The molecule has 2 aliphatic rings. The van der Waals surface area contributed by atoms with Crippen molar-refractivity contribution in [1.82, 2.24) is 14.9 Å². The maximum atomic E-state index is 5.95. The highest BCUT2D eigenvalue weighted by Gasteiger charge is 2.42. The first-order valence-corrected chi connectivity index (χ1v) is 14.3. The second-order valence-corrected chi connectivity index (χ2v) is 10.6. The molecule has 0 radical (unpaired) electrons. The minimum atomic E-state index is -0.0992. The van der Waals surface area contributed by atoms with Crippen molar-refractivity contribution in [3.8, 4) is 11.4 Å². The predicted octanol–water partition coefficient (Wildman–Crippen LogP) is 5.90. The molecule has 8 heteroatoms. The zero-order chi connectivity index (χ0) is 27.6. The van der Waals surface area contributed by atoms with Crippen molar-refractivity contribution in [2.45, 2.75) is 32.9 Å². The molecule has 0 amide bonds. The van der Waals surface area contributed by atoms with E-state index in [-0.39, 0.29) is 12.1 Å². The number of nitrogens with zero attached hydrogens (tertiary/aromatic N) is 4. The molecule has 0 saturated carbocycles. The van der Waals surface area contributed by atoms with Crippen LogP contribution in [0.25, 0.3) is 5.69 Å². The average Bonchev–Trinajstić information content (AvgIpc) is 3.49. The molecule has 2 aliphatic heterocycles. The average molecular weight is 554 g/mol. The summed E-state index contributed by atoms with van der Waals surface area (Å²) < 4.78 is 13.6. The van der Waals surface area contributed by atoms with Gasteiger partial charge in [0, 0.05) is 47.7 Å². The van der Waals surface area contributed by atoms with Gasteiger partial charge in [-0.3, -0.25) is 4.98 Å². The summed E-state index contributed by atoms with van der Waals surface area (Å²) in [5, 5.41) is 4.27. The van der Waals surface area contributed by atoms with Crippen LogP contribution in [0.4, 0.5) is 11.4 Å². The molecule has 7 nitrogen and oxygen atoms in total. The number of rotatable bonds is 7. The minimum absolute atomic E-state index is 0.0760. The van der Waals surface area contributed by atoms with Gasteiger partial charge in [0.05, 0.1) is 37.6 Å². The highest BCUT2D eigenvalue weighted by atomic mass is 32.1. The maximum absolute atomic E-state index is 5.95. The lowest BCUT2D eigenvalue weighted by atomic mass is 9.96. The number of aryl methyl sites for hydroxylation is 1. The Morgan fingerprint density at radius 2 is 1.65 bits per heavy atom. The molecular formula is C32H35N5O2S. The van der Waals surface area contributed by atoms with Gasteiger partial charge in [0.25, 0.3) is 0 Å². The van der Waals surface area contributed by atoms with E-state index in [9.17, 15) is 0 Å². The summed E-state index contributed by atoms with van der Waals surface area (Å²) in [4.78, 5) is 9.32. The Kier molecular flexibility index (Phi) is 7.45. The molecule has 6 rings (SSSR count). The number of nitrogens with one attached hydrogen (secondary N) is 1. The van der Waals surface area contributed by atoms with Gasteiger partial charge in [-0.15, -0.1) is 0 Å². The van der Waals surface area contributed by atoms with Crippen LogP contribution in [0.5, 0.6) is 5.75 Å². The van der Waals surface area contributed by atoms with Crippen LogP contribution in [0.15, 0.2) is 79.0 Å². The summed E-state index contributed by atoms with van der Waals surface area (Å²) in [6.07, 6.45) is 1.84. The van der Waals surface area contributed by atoms with Gasteiger partial charge in [0.1, 0.15) is 5.75 Å². The van der Waals surface area contributed by atoms with E-state index in [1.807, 2.05) is 37.4 Å². The molecule has 4 heterocycles. The fourth-order valence-electron chi connectivity index (χ4n) is 5.94. The lowest BCUT2D eigenvalue weighted by Gasteiger charge is -2.29. The summed E-state index contributed by atoms with van der Waals surface area (Å²) in [6.45, 7) is 10.4.